The van der Waals surface area contributed by atoms with E-state index in [-0.39, 0.29) is 4.75 Å². The maximum Gasteiger partial charge on any atom is 0.0410 e. The van der Waals surface area contributed by atoms with Gasteiger partial charge in [-0.05, 0) is 18.2 Å². The highest BCUT2D eigenvalue weighted by Crippen LogP contribution is 2.37. The molecule has 0 aliphatic heterocycles. The fourth-order valence-electron chi connectivity index (χ4n) is 1.60. The second kappa shape index (κ2) is 3.98. The Labute approximate surface area is 100 Å². The molecule has 1 heterocycles. The Morgan fingerprint density at radius 2 is 1.88 bits per heavy atom. The van der Waals surface area contributed by atoms with Gasteiger partial charge in [0.1, 0.15) is 0 Å². The Hall–Kier alpha value is -1.22. The van der Waals surface area contributed by atoms with Crippen LogP contribution in [0, 0.1) is 0 Å². The number of thioether (sulfide) groups is 1. The van der Waals surface area contributed by atoms with Crippen LogP contribution < -0.4 is 5.73 Å². The van der Waals surface area contributed by atoms with Gasteiger partial charge >= 0.3 is 0 Å². The van der Waals surface area contributed by atoms with Gasteiger partial charge in [0.05, 0.1) is 0 Å². The van der Waals surface area contributed by atoms with E-state index in [0.717, 1.165) is 11.1 Å². The fourth-order valence-corrected chi connectivity index (χ4v) is 2.69. The molecule has 0 amide bonds. The zero-order valence-electron chi connectivity index (χ0n) is 9.82. The first-order valence-corrected chi connectivity index (χ1v) is 6.10. The van der Waals surface area contributed by atoms with E-state index in [1.807, 2.05) is 36.3 Å². The molecule has 16 heavy (non-hydrogen) atoms. The largest absolute Gasteiger partial charge is 0.398 e. The van der Waals surface area contributed by atoms with Crippen LogP contribution in [0.4, 0.5) is 5.69 Å². The van der Waals surface area contributed by atoms with Crippen molar-refractivity contribution in [3.63, 3.8) is 0 Å². The van der Waals surface area contributed by atoms with Crippen LogP contribution in [0.3, 0.4) is 0 Å². The van der Waals surface area contributed by atoms with Crippen LogP contribution in [0.25, 0.3) is 10.8 Å². The Kier molecular flexibility index (Phi) is 2.80. The van der Waals surface area contributed by atoms with Crippen molar-refractivity contribution in [1.29, 1.82) is 0 Å². The second-order valence-electron chi connectivity index (χ2n) is 4.79. The molecule has 0 aliphatic rings. The predicted octanol–water partition coefficient (Wildman–Crippen LogP) is 3.71. The molecule has 2 nitrogen and oxygen atoms in total. The summed E-state index contributed by atoms with van der Waals surface area (Å²) in [6.07, 6.45) is 3.64. The second-order valence-corrected chi connectivity index (χ2v) is 6.66. The van der Waals surface area contributed by atoms with E-state index < -0.39 is 0 Å². The molecule has 1 aromatic heterocycles. The number of nitrogens with zero attached hydrogens (tertiary/aromatic N) is 1. The van der Waals surface area contributed by atoms with Crippen LogP contribution in [0.15, 0.2) is 35.5 Å². The van der Waals surface area contributed by atoms with E-state index in [2.05, 4.69) is 31.8 Å². The van der Waals surface area contributed by atoms with Crippen LogP contribution in [0.2, 0.25) is 0 Å². The fraction of sp³-hybridized carbons (Fsp3) is 0.308. The SMILES string of the molecule is CC(C)(C)Sc1ccc(N)c2cnccc12. The summed E-state index contributed by atoms with van der Waals surface area (Å²) in [6.45, 7) is 6.63. The van der Waals surface area contributed by atoms with Crippen LogP contribution in [0.1, 0.15) is 20.8 Å². The first-order chi connectivity index (χ1) is 7.47. The van der Waals surface area contributed by atoms with Crippen molar-refractivity contribution in [3.8, 4) is 0 Å². The lowest BCUT2D eigenvalue weighted by atomic mass is 10.1. The summed E-state index contributed by atoms with van der Waals surface area (Å²) in [5.41, 5.74) is 6.73. The Balaban J connectivity index is 2.59. The maximum atomic E-state index is 5.94. The topological polar surface area (TPSA) is 38.9 Å². The Morgan fingerprint density at radius 3 is 2.56 bits per heavy atom. The first-order valence-electron chi connectivity index (χ1n) is 5.28. The molecule has 2 rings (SSSR count). The molecule has 0 atom stereocenters. The van der Waals surface area contributed by atoms with E-state index in [1.54, 1.807) is 0 Å². The van der Waals surface area contributed by atoms with Crippen molar-refractivity contribution in [3.05, 3.63) is 30.6 Å². The van der Waals surface area contributed by atoms with Gasteiger partial charge in [0.2, 0.25) is 0 Å². The van der Waals surface area contributed by atoms with E-state index in [1.165, 1.54) is 10.3 Å². The van der Waals surface area contributed by atoms with Crippen molar-refractivity contribution >= 4 is 28.2 Å². The first kappa shape index (κ1) is 11.3. The summed E-state index contributed by atoms with van der Waals surface area (Å²) in [7, 11) is 0. The number of aromatic nitrogens is 1. The number of benzene rings is 1. The molecule has 0 saturated heterocycles. The van der Waals surface area contributed by atoms with Gasteiger partial charge < -0.3 is 5.73 Å². The third-order valence-electron chi connectivity index (χ3n) is 2.23. The van der Waals surface area contributed by atoms with E-state index in [0.29, 0.717) is 0 Å². The molecule has 0 saturated carbocycles. The maximum absolute atomic E-state index is 5.94. The number of nitrogen functional groups attached to an aromatic ring is 1. The Bertz CT molecular complexity index is 515. The van der Waals surface area contributed by atoms with Gasteiger partial charge in [-0.15, -0.1) is 11.8 Å². The number of rotatable bonds is 1. The summed E-state index contributed by atoms with van der Waals surface area (Å²) in [5.74, 6) is 0. The molecule has 0 radical (unpaired) electrons. The predicted molar refractivity (Wildman–Crippen MR) is 71.8 cm³/mol. The van der Waals surface area contributed by atoms with Gasteiger partial charge in [0, 0.05) is 38.5 Å². The van der Waals surface area contributed by atoms with Crippen molar-refractivity contribution in [2.24, 2.45) is 0 Å². The number of pyridine rings is 1. The molecule has 84 valence electrons. The third kappa shape index (κ3) is 2.30. The van der Waals surface area contributed by atoms with Crippen molar-refractivity contribution < 1.29 is 0 Å². The number of nitrogens with two attached hydrogens (primary N) is 1. The quantitative estimate of drug-likeness (QED) is 0.602. The molecular weight excluding hydrogens is 216 g/mol. The smallest absolute Gasteiger partial charge is 0.0410 e. The minimum atomic E-state index is 0.201. The lowest BCUT2D eigenvalue weighted by Crippen LogP contribution is -2.06. The molecule has 2 N–H and O–H groups in total. The molecule has 0 unspecified atom stereocenters. The lowest BCUT2D eigenvalue weighted by molar-refractivity contribution is 0.803. The number of hydrogen-bond donors (Lipinski definition) is 1. The lowest BCUT2D eigenvalue weighted by Gasteiger charge is -2.19. The highest BCUT2D eigenvalue weighted by Gasteiger charge is 2.14. The third-order valence-corrected chi connectivity index (χ3v) is 3.42. The van der Waals surface area contributed by atoms with Gasteiger partial charge in [-0.25, -0.2) is 0 Å². The van der Waals surface area contributed by atoms with Crippen molar-refractivity contribution in [2.75, 3.05) is 5.73 Å². The zero-order chi connectivity index (χ0) is 11.8. The molecule has 0 spiro atoms. The van der Waals surface area contributed by atoms with Gasteiger partial charge in [-0.1, -0.05) is 20.8 Å². The Morgan fingerprint density at radius 1 is 1.12 bits per heavy atom. The summed E-state index contributed by atoms with van der Waals surface area (Å²) in [6, 6.07) is 6.07. The molecule has 0 aliphatic carbocycles. The summed E-state index contributed by atoms with van der Waals surface area (Å²) < 4.78 is 0.201. The number of anilines is 1. The molecule has 1 aromatic carbocycles. The molecule has 0 fully saturated rings. The van der Waals surface area contributed by atoms with Crippen LogP contribution in [-0.2, 0) is 0 Å². The van der Waals surface area contributed by atoms with E-state index in [4.69, 9.17) is 5.73 Å². The highest BCUT2D eigenvalue weighted by molar-refractivity contribution is 8.00. The molecule has 2 aromatic rings. The number of fused-ring (bicyclic) bond motifs is 1. The number of hydrogen-bond acceptors (Lipinski definition) is 3. The van der Waals surface area contributed by atoms with E-state index in [9.17, 15) is 0 Å². The van der Waals surface area contributed by atoms with Crippen LogP contribution in [-0.4, -0.2) is 9.73 Å². The van der Waals surface area contributed by atoms with Gasteiger partial charge in [-0.3, -0.25) is 4.98 Å². The molecule has 3 heteroatoms. The average Bonchev–Trinajstić information content (AvgIpc) is 2.21. The average molecular weight is 232 g/mol. The van der Waals surface area contributed by atoms with Gasteiger partial charge in [0.25, 0.3) is 0 Å². The normalized spacial score (nSPS) is 11.9. The minimum Gasteiger partial charge on any atom is -0.398 e. The van der Waals surface area contributed by atoms with Gasteiger partial charge in [0.15, 0.2) is 0 Å². The highest BCUT2D eigenvalue weighted by atomic mass is 32.2. The molecular formula is C13H16N2S. The summed E-state index contributed by atoms with van der Waals surface area (Å²) in [5, 5.41) is 2.23. The van der Waals surface area contributed by atoms with E-state index >= 15 is 0 Å². The van der Waals surface area contributed by atoms with Crippen LogP contribution in [0.5, 0.6) is 0 Å². The summed E-state index contributed by atoms with van der Waals surface area (Å²) in [4.78, 5) is 5.39. The minimum absolute atomic E-state index is 0.201. The zero-order valence-corrected chi connectivity index (χ0v) is 10.6. The van der Waals surface area contributed by atoms with Crippen molar-refractivity contribution in [2.45, 2.75) is 30.4 Å². The standard InChI is InChI=1S/C13H16N2S/c1-13(2,3)16-12-5-4-11(14)10-8-15-7-6-9(10)12/h4-8H,14H2,1-3H3. The van der Waals surface area contributed by atoms with Crippen molar-refractivity contribution in [1.82, 2.24) is 4.98 Å². The van der Waals surface area contributed by atoms with Gasteiger partial charge in [-0.2, -0.15) is 0 Å². The summed E-state index contributed by atoms with van der Waals surface area (Å²) >= 11 is 1.86. The monoisotopic (exact) mass is 232 g/mol. The van der Waals surface area contributed by atoms with Crippen LogP contribution >= 0.6 is 11.8 Å². The molecule has 0 bridgehead atoms.